The Bertz CT molecular complexity index is 496. The second-order valence-corrected chi connectivity index (χ2v) is 3.02. The zero-order chi connectivity index (χ0) is 10.1. The van der Waals surface area contributed by atoms with Crippen molar-refractivity contribution >= 4 is 0 Å². The molecular weight excluding hydrogens is 183 g/mol. The third-order valence-corrected chi connectivity index (χ3v) is 2.03. The maximum absolute atomic E-state index is 12.6. The summed E-state index contributed by atoms with van der Waals surface area (Å²) in [5, 5.41) is 0. The lowest BCUT2D eigenvalue weighted by Gasteiger charge is -2.05. The topological polar surface area (TPSA) is 26.9 Å². The molecule has 1 aromatic carbocycles. The van der Waals surface area contributed by atoms with Crippen LogP contribution in [0.25, 0.3) is 5.69 Å². The maximum Gasteiger partial charge on any atom is 0.271 e. The Hall–Kier alpha value is -1.84. The molecule has 3 nitrogen and oxygen atoms in total. The van der Waals surface area contributed by atoms with Gasteiger partial charge in [-0.15, -0.1) is 0 Å². The molecule has 2 rings (SSSR count). The molecule has 0 unspecified atom stereocenters. The zero-order valence-corrected chi connectivity index (χ0v) is 7.64. The van der Waals surface area contributed by atoms with E-state index in [1.807, 2.05) is 0 Å². The molecule has 4 heteroatoms. The zero-order valence-electron chi connectivity index (χ0n) is 7.64. The first-order valence-corrected chi connectivity index (χ1v) is 4.19. The summed E-state index contributed by atoms with van der Waals surface area (Å²) in [5.41, 5.74) is 0.531. The second-order valence-electron chi connectivity index (χ2n) is 3.02. The van der Waals surface area contributed by atoms with Crippen LogP contribution in [0.4, 0.5) is 4.39 Å². The van der Waals surface area contributed by atoms with Crippen molar-refractivity contribution in [3.8, 4) is 5.69 Å². The molecule has 0 N–H and O–H groups in total. The minimum absolute atomic E-state index is 0.126. The van der Waals surface area contributed by atoms with E-state index >= 15 is 0 Å². The molecule has 0 atom stereocenters. The van der Waals surface area contributed by atoms with Gasteiger partial charge < -0.3 is 0 Å². The van der Waals surface area contributed by atoms with Crippen LogP contribution in [-0.4, -0.2) is 9.36 Å². The Labute approximate surface area is 80.0 Å². The molecule has 0 saturated heterocycles. The molecular formula is C10H9FN2O. The number of hydrogen-bond acceptors (Lipinski definition) is 1. The summed E-state index contributed by atoms with van der Waals surface area (Å²) >= 11 is 0. The smallest absolute Gasteiger partial charge is 0.271 e. The molecule has 0 radical (unpaired) electrons. The molecule has 0 amide bonds. The largest absolute Gasteiger partial charge is 0.288 e. The van der Waals surface area contributed by atoms with E-state index in [4.69, 9.17) is 0 Å². The Morgan fingerprint density at radius 2 is 1.79 bits per heavy atom. The van der Waals surface area contributed by atoms with E-state index in [1.54, 1.807) is 30.1 Å². The van der Waals surface area contributed by atoms with Crippen molar-refractivity contribution in [3.63, 3.8) is 0 Å². The van der Waals surface area contributed by atoms with Crippen LogP contribution >= 0.6 is 0 Å². The second kappa shape index (κ2) is 3.14. The highest BCUT2D eigenvalue weighted by molar-refractivity contribution is 5.30. The number of hydrogen-bond donors (Lipinski definition) is 0. The van der Waals surface area contributed by atoms with Gasteiger partial charge >= 0.3 is 0 Å². The van der Waals surface area contributed by atoms with Crippen LogP contribution < -0.4 is 5.56 Å². The summed E-state index contributed by atoms with van der Waals surface area (Å²) in [6, 6.07) is 7.25. The SMILES string of the molecule is Cn1ccc(=O)n1-c1ccc(F)cc1. The lowest BCUT2D eigenvalue weighted by atomic mass is 10.3. The predicted octanol–water partition coefficient (Wildman–Crippen LogP) is 1.32. The van der Waals surface area contributed by atoms with Gasteiger partial charge in [0.25, 0.3) is 5.56 Å². The maximum atomic E-state index is 12.6. The lowest BCUT2D eigenvalue weighted by Crippen LogP contribution is -2.18. The first-order valence-electron chi connectivity index (χ1n) is 4.19. The molecule has 14 heavy (non-hydrogen) atoms. The molecule has 2 aromatic rings. The molecule has 0 spiro atoms. The quantitative estimate of drug-likeness (QED) is 0.669. The first kappa shape index (κ1) is 8.74. The van der Waals surface area contributed by atoms with E-state index in [1.165, 1.54) is 22.9 Å². The van der Waals surface area contributed by atoms with Crippen LogP contribution in [0.3, 0.4) is 0 Å². The molecule has 0 saturated carbocycles. The average molecular weight is 192 g/mol. The van der Waals surface area contributed by atoms with E-state index in [2.05, 4.69) is 0 Å². The third-order valence-electron chi connectivity index (χ3n) is 2.03. The van der Waals surface area contributed by atoms with Crippen LogP contribution in [-0.2, 0) is 7.05 Å². The van der Waals surface area contributed by atoms with Gasteiger partial charge in [0, 0.05) is 19.3 Å². The van der Waals surface area contributed by atoms with Crippen molar-refractivity contribution in [3.05, 3.63) is 52.7 Å². The Kier molecular flexibility index (Phi) is 1.96. The van der Waals surface area contributed by atoms with Crippen LogP contribution in [0.2, 0.25) is 0 Å². The third kappa shape index (κ3) is 1.35. The number of benzene rings is 1. The van der Waals surface area contributed by atoms with Crippen LogP contribution in [0.1, 0.15) is 0 Å². The molecule has 72 valence electrons. The summed E-state index contributed by atoms with van der Waals surface area (Å²) in [4.78, 5) is 11.4. The van der Waals surface area contributed by atoms with Crippen molar-refractivity contribution < 1.29 is 4.39 Å². The van der Waals surface area contributed by atoms with E-state index in [0.29, 0.717) is 5.69 Å². The van der Waals surface area contributed by atoms with E-state index < -0.39 is 0 Å². The van der Waals surface area contributed by atoms with Crippen molar-refractivity contribution in [1.82, 2.24) is 9.36 Å². The van der Waals surface area contributed by atoms with Crippen molar-refractivity contribution in [2.45, 2.75) is 0 Å². The van der Waals surface area contributed by atoms with Crippen LogP contribution in [0.5, 0.6) is 0 Å². The molecule has 1 aromatic heterocycles. The van der Waals surface area contributed by atoms with Crippen molar-refractivity contribution in [2.75, 3.05) is 0 Å². The fourth-order valence-electron chi connectivity index (χ4n) is 1.36. The van der Waals surface area contributed by atoms with Gasteiger partial charge in [-0.05, 0) is 24.3 Å². The van der Waals surface area contributed by atoms with Gasteiger partial charge in [0.1, 0.15) is 5.82 Å². The fraction of sp³-hybridized carbons (Fsp3) is 0.100. The summed E-state index contributed by atoms with van der Waals surface area (Å²) in [5.74, 6) is -0.309. The monoisotopic (exact) mass is 192 g/mol. The normalized spacial score (nSPS) is 10.4. The van der Waals surface area contributed by atoms with Crippen molar-refractivity contribution in [1.29, 1.82) is 0 Å². The molecule has 1 heterocycles. The van der Waals surface area contributed by atoms with Gasteiger partial charge in [-0.1, -0.05) is 0 Å². The molecule has 0 aliphatic rings. The van der Waals surface area contributed by atoms with Gasteiger partial charge in [-0.2, -0.15) is 0 Å². The highest BCUT2D eigenvalue weighted by Gasteiger charge is 2.02. The predicted molar refractivity (Wildman–Crippen MR) is 51.0 cm³/mol. The number of nitrogens with zero attached hydrogens (tertiary/aromatic N) is 2. The highest BCUT2D eigenvalue weighted by atomic mass is 19.1. The average Bonchev–Trinajstić information content (AvgIpc) is 2.49. The standard InChI is InChI=1S/C10H9FN2O/c1-12-7-6-10(14)13(12)9-4-2-8(11)3-5-9/h2-7H,1H3. The summed E-state index contributed by atoms with van der Waals surface area (Å²) in [6.45, 7) is 0. The Balaban J connectivity index is 2.60. The van der Waals surface area contributed by atoms with Gasteiger partial charge in [0.15, 0.2) is 0 Å². The van der Waals surface area contributed by atoms with Crippen LogP contribution in [0.15, 0.2) is 41.3 Å². The van der Waals surface area contributed by atoms with Crippen molar-refractivity contribution in [2.24, 2.45) is 7.05 Å². The number of aromatic nitrogens is 2. The van der Waals surface area contributed by atoms with Gasteiger partial charge in [-0.3, -0.25) is 9.48 Å². The van der Waals surface area contributed by atoms with Gasteiger partial charge in [-0.25, -0.2) is 9.07 Å². The molecule has 0 bridgehead atoms. The van der Waals surface area contributed by atoms with Gasteiger partial charge in [0.05, 0.1) is 5.69 Å². The van der Waals surface area contributed by atoms with E-state index in [9.17, 15) is 9.18 Å². The summed E-state index contributed by atoms with van der Waals surface area (Å²) in [6.07, 6.45) is 1.66. The molecule has 0 fully saturated rings. The first-order chi connectivity index (χ1) is 6.68. The summed E-state index contributed by atoms with van der Waals surface area (Å²) < 4.78 is 15.7. The number of aryl methyl sites for hydroxylation is 1. The van der Waals surface area contributed by atoms with Crippen LogP contribution in [0, 0.1) is 5.82 Å². The highest BCUT2D eigenvalue weighted by Crippen LogP contribution is 2.05. The Morgan fingerprint density at radius 1 is 1.14 bits per heavy atom. The number of halogens is 1. The fourth-order valence-corrected chi connectivity index (χ4v) is 1.36. The molecule has 0 aliphatic carbocycles. The molecule has 0 aliphatic heterocycles. The lowest BCUT2D eigenvalue weighted by molar-refractivity contribution is 0.620. The van der Waals surface area contributed by atoms with Gasteiger partial charge in [0.2, 0.25) is 0 Å². The van der Waals surface area contributed by atoms with E-state index in [0.717, 1.165) is 0 Å². The Morgan fingerprint density at radius 3 is 2.29 bits per heavy atom. The number of rotatable bonds is 1. The van der Waals surface area contributed by atoms with E-state index in [-0.39, 0.29) is 11.4 Å². The minimum Gasteiger partial charge on any atom is -0.288 e. The summed E-state index contributed by atoms with van der Waals surface area (Å²) in [7, 11) is 1.75. The minimum atomic E-state index is -0.309.